The molecule has 4 rings (SSSR count). The molecular formula is C20H26FN7S. The summed E-state index contributed by atoms with van der Waals surface area (Å²) in [6, 6.07) is 3.78. The van der Waals surface area contributed by atoms with Crippen LogP contribution in [0.25, 0.3) is 11.4 Å². The number of benzene rings is 1. The quantitative estimate of drug-likeness (QED) is 0.666. The summed E-state index contributed by atoms with van der Waals surface area (Å²) in [6.07, 6.45) is 2.62. The number of halogens is 1. The van der Waals surface area contributed by atoms with Crippen molar-refractivity contribution >= 4 is 17.0 Å². The lowest BCUT2D eigenvalue weighted by Crippen LogP contribution is -2.46. The zero-order valence-corrected chi connectivity index (χ0v) is 17.8. The number of hydrogen-bond acceptors (Lipinski definition) is 7. The van der Waals surface area contributed by atoms with Crippen molar-refractivity contribution in [2.45, 2.75) is 33.7 Å². The van der Waals surface area contributed by atoms with Gasteiger partial charge in [0.2, 0.25) is 5.82 Å². The van der Waals surface area contributed by atoms with Gasteiger partial charge in [-0.2, -0.15) is 5.21 Å². The largest absolute Gasteiger partial charge is 0.366 e. The molecule has 29 heavy (non-hydrogen) atoms. The fraction of sp³-hybridized carbons (Fsp3) is 0.500. The summed E-state index contributed by atoms with van der Waals surface area (Å²) in [7, 11) is 0. The van der Waals surface area contributed by atoms with Crippen LogP contribution in [0.5, 0.6) is 0 Å². The van der Waals surface area contributed by atoms with Gasteiger partial charge in [0, 0.05) is 42.8 Å². The lowest BCUT2D eigenvalue weighted by molar-refractivity contribution is 0.249. The van der Waals surface area contributed by atoms with E-state index in [9.17, 15) is 0 Å². The molecule has 0 saturated carbocycles. The van der Waals surface area contributed by atoms with E-state index >= 15 is 4.39 Å². The van der Waals surface area contributed by atoms with Gasteiger partial charge in [0.1, 0.15) is 10.8 Å². The molecule has 2 aromatic heterocycles. The molecule has 0 radical (unpaired) electrons. The molecule has 0 bridgehead atoms. The number of aromatic nitrogens is 5. The van der Waals surface area contributed by atoms with Crippen molar-refractivity contribution in [2.75, 3.05) is 31.1 Å². The third-order valence-electron chi connectivity index (χ3n) is 5.13. The summed E-state index contributed by atoms with van der Waals surface area (Å²) in [4.78, 5) is 10.2. The van der Waals surface area contributed by atoms with E-state index in [1.165, 1.54) is 4.88 Å². The highest BCUT2D eigenvalue weighted by atomic mass is 32.1. The van der Waals surface area contributed by atoms with E-state index in [4.69, 9.17) is 0 Å². The van der Waals surface area contributed by atoms with Crippen molar-refractivity contribution in [3.63, 3.8) is 0 Å². The van der Waals surface area contributed by atoms with Crippen LogP contribution in [0.2, 0.25) is 0 Å². The lowest BCUT2D eigenvalue weighted by atomic mass is 9.98. The first-order valence-electron chi connectivity index (χ1n) is 9.95. The minimum Gasteiger partial charge on any atom is -0.366 e. The Morgan fingerprint density at radius 2 is 2.00 bits per heavy atom. The second kappa shape index (κ2) is 8.54. The Balaban J connectivity index is 1.56. The molecule has 0 spiro atoms. The molecule has 0 aliphatic carbocycles. The second-order valence-corrected chi connectivity index (χ2v) is 9.22. The van der Waals surface area contributed by atoms with Crippen LogP contribution in [0.4, 0.5) is 10.1 Å². The Bertz CT molecular complexity index is 946. The third-order valence-corrected chi connectivity index (χ3v) is 6.02. The van der Waals surface area contributed by atoms with Crippen molar-refractivity contribution in [3.8, 4) is 11.4 Å². The number of piperazine rings is 1. The summed E-state index contributed by atoms with van der Waals surface area (Å²) in [6.45, 7) is 10.3. The molecule has 7 nitrogen and oxygen atoms in total. The van der Waals surface area contributed by atoms with Gasteiger partial charge in [-0.25, -0.2) is 9.37 Å². The van der Waals surface area contributed by atoms with Crippen molar-refractivity contribution in [1.29, 1.82) is 0 Å². The molecule has 0 atom stereocenters. The van der Waals surface area contributed by atoms with Crippen LogP contribution in [0.15, 0.2) is 18.3 Å². The van der Waals surface area contributed by atoms with Gasteiger partial charge < -0.3 is 4.90 Å². The average molecular weight is 416 g/mol. The van der Waals surface area contributed by atoms with E-state index in [-0.39, 0.29) is 5.82 Å². The zero-order valence-electron chi connectivity index (χ0n) is 17.0. The van der Waals surface area contributed by atoms with Crippen LogP contribution in [0.1, 0.15) is 29.3 Å². The normalized spacial score (nSPS) is 15.4. The number of nitrogens with one attached hydrogen (secondary N) is 1. The standard InChI is InChI=1S/C20H26FN7S/c1-13(2)10-15-4-5-16(20-23-25-26-24-20)19(18(15)21)28-8-6-27(7-9-28)12-17-22-11-14(3)29-17/h4-5,11,13H,6-10,12H2,1-3H3,(H,23,24,25,26). The van der Waals surface area contributed by atoms with Crippen LogP contribution in [0.3, 0.4) is 0 Å². The number of thiazole rings is 1. The molecule has 0 unspecified atom stereocenters. The van der Waals surface area contributed by atoms with Crippen molar-refractivity contribution in [2.24, 2.45) is 5.92 Å². The van der Waals surface area contributed by atoms with Gasteiger partial charge in [0.05, 0.1) is 12.2 Å². The molecule has 1 aromatic carbocycles. The van der Waals surface area contributed by atoms with Crippen LogP contribution in [-0.2, 0) is 13.0 Å². The molecule has 1 aliphatic rings. The van der Waals surface area contributed by atoms with E-state index in [1.54, 1.807) is 11.3 Å². The molecule has 1 saturated heterocycles. The Hall–Kier alpha value is -2.39. The topological polar surface area (TPSA) is 73.8 Å². The van der Waals surface area contributed by atoms with Crippen LogP contribution >= 0.6 is 11.3 Å². The van der Waals surface area contributed by atoms with Gasteiger partial charge in [0.25, 0.3) is 0 Å². The van der Waals surface area contributed by atoms with E-state index in [0.29, 0.717) is 29.4 Å². The molecule has 1 aliphatic heterocycles. The Labute approximate surface area is 174 Å². The Morgan fingerprint density at radius 1 is 1.21 bits per heavy atom. The highest BCUT2D eigenvalue weighted by Gasteiger charge is 2.26. The fourth-order valence-corrected chi connectivity index (χ4v) is 4.59. The summed E-state index contributed by atoms with van der Waals surface area (Å²) in [5.74, 6) is 0.646. The van der Waals surface area contributed by atoms with Gasteiger partial charge in [-0.1, -0.05) is 19.9 Å². The molecule has 3 heterocycles. The summed E-state index contributed by atoms with van der Waals surface area (Å²) in [5, 5.41) is 15.4. The van der Waals surface area contributed by atoms with Crippen molar-refractivity contribution in [1.82, 2.24) is 30.5 Å². The van der Waals surface area contributed by atoms with E-state index in [0.717, 1.165) is 43.3 Å². The number of tetrazole rings is 1. The predicted octanol–water partition coefficient (Wildman–Crippen LogP) is 3.29. The molecular weight excluding hydrogens is 389 g/mol. The maximum atomic E-state index is 15.6. The molecule has 1 N–H and O–H groups in total. The number of anilines is 1. The maximum Gasteiger partial charge on any atom is 0.206 e. The number of H-pyrrole nitrogens is 1. The predicted molar refractivity (Wildman–Crippen MR) is 112 cm³/mol. The fourth-order valence-electron chi connectivity index (χ4n) is 3.76. The zero-order chi connectivity index (χ0) is 20.4. The van der Waals surface area contributed by atoms with E-state index in [1.807, 2.05) is 18.3 Å². The number of aryl methyl sites for hydroxylation is 1. The van der Waals surface area contributed by atoms with Crippen LogP contribution < -0.4 is 4.90 Å². The lowest BCUT2D eigenvalue weighted by Gasteiger charge is -2.36. The van der Waals surface area contributed by atoms with Gasteiger partial charge in [-0.3, -0.25) is 4.90 Å². The Morgan fingerprint density at radius 3 is 2.62 bits per heavy atom. The van der Waals surface area contributed by atoms with E-state index in [2.05, 4.69) is 56.2 Å². The first kappa shape index (κ1) is 19.9. The SMILES string of the molecule is Cc1cnc(CN2CCN(c3c(-c4nn[nH]n4)ccc(CC(C)C)c3F)CC2)s1. The molecule has 0 amide bonds. The highest BCUT2D eigenvalue weighted by Crippen LogP contribution is 2.34. The summed E-state index contributed by atoms with van der Waals surface area (Å²) >= 11 is 1.74. The van der Waals surface area contributed by atoms with Gasteiger partial charge in [-0.05, 0) is 36.1 Å². The van der Waals surface area contributed by atoms with Gasteiger partial charge >= 0.3 is 0 Å². The van der Waals surface area contributed by atoms with Crippen LogP contribution in [0, 0.1) is 18.7 Å². The molecule has 1 fully saturated rings. The van der Waals surface area contributed by atoms with E-state index < -0.39 is 0 Å². The molecule has 3 aromatic rings. The van der Waals surface area contributed by atoms with Crippen molar-refractivity contribution < 1.29 is 4.39 Å². The number of aromatic amines is 1. The Kier molecular flexibility index (Phi) is 5.86. The monoisotopic (exact) mass is 415 g/mol. The van der Waals surface area contributed by atoms with Gasteiger partial charge in [-0.15, -0.1) is 21.5 Å². The minimum absolute atomic E-state index is 0.162. The highest BCUT2D eigenvalue weighted by molar-refractivity contribution is 7.11. The second-order valence-electron chi connectivity index (χ2n) is 7.90. The minimum atomic E-state index is -0.162. The summed E-state index contributed by atoms with van der Waals surface area (Å²) in [5.41, 5.74) is 2.02. The first-order chi connectivity index (χ1) is 14.0. The smallest absolute Gasteiger partial charge is 0.206 e. The first-order valence-corrected chi connectivity index (χ1v) is 10.8. The van der Waals surface area contributed by atoms with Crippen molar-refractivity contribution in [3.05, 3.63) is 39.6 Å². The van der Waals surface area contributed by atoms with Crippen LogP contribution in [-0.4, -0.2) is 56.7 Å². The summed E-state index contributed by atoms with van der Waals surface area (Å²) < 4.78 is 15.6. The number of hydrogen-bond donors (Lipinski definition) is 1. The molecule has 154 valence electrons. The average Bonchev–Trinajstić information content (AvgIpc) is 3.36. The maximum absolute atomic E-state index is 15.6. The number of nitrogens with zero attached hydrogens (tertiary/aromatic N) is 6. The third kappa shape index (κ3) is 4.45. The molecule has 9 heteroatoms. The number of rotatable bonds is 6. The van der Waals surface area contributed by atoms with Gasteiger partial charge in [0.15, 0.2) is 0 Å².